The minimum Gasteiger partial charge on any atom is -0.478 e. The highest BCUT2D eigenvalue weighted by Gasteiger charge is 2.10. The number of rotatable bonds is 6. The molecule has 26 heavy (non-hydrogen) atoms. The van der Waals surface area contributed by atoms with Crippen LogP contribution in [-0.2, 0) is 9.59 Å². The van der Waals surface area contributed by atoms with Crippen LogP contribution >= 0.6 is 0 Å². The van der Waals surface area contributed by atoms with Gasteiger partial charge >= 0.3 is 11.9 Å². The van der Waals surface area contributed by atoms with Crippen LogP contribution in [0.1, 0.15) is 0 Å². The first-order chi connectivity index (χ1) is 12.6. The number of nitrogens with zero attached hydrogens (tertiary/aromatic N) is 2. The lowest BCUT2D eigenvalue weighted by Crippen LogP contribution is -2.26. The van der Waals surface area contributed by atoms with E-state index in [2.05, 4.69) is 20.6 Å². The monoisotopic (exact) mass is 358 g/mol. The molecule has 0 amide bonds. The maximum absolute atomic E-state index is 9.55. The Bertz CT molecular complexity index is 783. The number of para-hydroxylation sites is 1. The van der Waals surface area contributed by atoms with Gasteiger partial charge in [0.05, 0.1) is 24.8 Å². The fourth-order valence-electron chi connectivity index (χ4n) is 2.07. The number of aliphatic carboxylic acids is 2. The summed E-state index contributed by atoms with van der Waals surface area (Å²) in [6, 6.07) is 7.95. The number of carboxylic acids is 2. The lowest BCUT2D eigenvalue weighted by Gasteiger charge is -2.10. The molecule has 0 aliphatic carbocycles. The van der Waals surface area contributed by atoms with Gasteiger partial charge in [0, 0.05) is 24.4 Å². The van der Waals surface area contributed by atoms with Crippen molar-refractivity contribution in [3.8, 4) is 11.5 Å². The number of aromatic nitrogens is 1. The van der Waals surface area contributed by atoms with Crippen LogP contribution in [0.25, 0.3) is 11.5 Å². The van der Waals surface area contributed by atoms with Gasteiger partial charge in [-0.05, 0) is 12.1 Å². The van der Waals surface area contributed by atoms with Crippen LogP contribution in [0.4, 0.5) is 5.69 Å². The van der Waals surface area contributed by atoms with Gasteiger partial charge in [-0.1, -0.05) is 12.1 Å². The maximum Gasteiger partial charge on any atom is 0.328 e. The van der Waals surface area contributed by atoms with Crippen LogP contribution < -0.4 is 10.6 Å². The molecule has 0 unspecified atom stereocenters. The molecule has 0 spiro atoms. The molecule has 0 fully saturated rings. The lowest BCUT2D eigenvalue weighted by molar-refractivity contribution is -0.134. The highest BCUT2D eigenvalue weighted by Crippen LogP contribution is 2.25. The number of aliphatic imine (C=N–C) groups is 1. The fourth-order valence-corrected chi connectivity index (χ4v) is 2.07. The van der Waals surface area contributed by atoms with Crippen molar-refractivity contribution in [3.63, 3.8) is 0 Å². The smallest absolute Gasteiger partial charge is 0.328 e. The minimum atomic E-state index is -1.26. The highest BCUT2D eigenvalue weighted by atomic mass is 16.4. The van der Waals surface area contributed by atoms with Crippen molar-refractivity contribution in [2.75, 3.05) is 25.0 Å². The van der Waals surface area contributed by atoms with Crippen molar-refractivity contribution >= 4 is 23.5 Å². The molecular formula is C17H18N4O5. The predicted molar refractivity (Wildman–Crippen MR) is 95.1 cm³/mol. The van der Waals surface area contributed by atoms with Gasteiger partial charge in [-0.2, -0.15) is 0 Å². The number of carbonyl (C=O) groups is 2. The molecule has 1 aromatic carbocycles. The van der Waals surface area contributed by atoms with Crippen molar-refractivity contribution in [1.29, 1.82) is 0 Å². The molecule has 2 aromatic rings. The first-order valence-electron chi connectivity index (χ1n) is 7.70. The Morgan fingerprint density at radius 1 is 1.23 bits per heavy atom. The normalized spacial score (nSPS) is 12.7. The zero-order valence-electron chi connectivity index (χ0n) is 13.8. The molecule has 3 rings (SSSR count). The Hall–Kier alpha value is -3.62. The van der Waals surface area contributed by atoms with E-state index in [1.54, 1.807) is 12.5 Å². The quantitative estimate of drug-likeness (QED) is 0.570. The number of anilines is 1. The number of nitrogens with one attached hydrogen (secondary N) is 2. The van der Waals surface area contributed by atoms with Gasteiger partial charge in [0.2, 0.25) is 5.89 Å². The largest absolute Gasteiger partial charge is 0.478 e. The summed E-state index contributed by atoms with van der Waals surface area (Å²) < 4.78 is 5.34. The molecule has 4 N–H and O–H groups in total. The van der Waals surface area contributed by atoms with Crippen LogP contribution in [-0.4, -0.2) is 52.6 Å². The second-order valence-corrected chi connectivity index (χ2v) is 5.00. The van der Waals surface area contributed by atoms with E-state index in [0.29, 0.717) is 24.6 Å². The van der Waals surface area contributed by atoms with Gasteiger partial charge in [-0.25, -0.2) is 14.6 Å². The lowest BCUT2D eigenvalue weighted by atomic mass is 10.2. The molecule has 136 valence electrons. The molecule has 0 radical (unpaired) electrons. The number of oxazole rings is 1. The molecule has 1 aliphatic heterocycles. The molecule has 1 aromatic heterocycles. The first-order valence-corrected chi connectivity index (χ1v) is 7.70. The van der Waals surface area contributed by atoms with E-state index in [1.807, 2.05) is 24.3 Å². The number of benzene rings is 1. The molecule has 9 nitrogen and oxygen atoms in total. The van der Waals surface area contributed by atoms with Gasteiger partial charge in [-0.3, -0.25) is 4.99 Å². The van der Waals surface area contributed by atoms with E-state index >= 15 is 0 Å². The third-order valence-corrected chi connectivity index (χ3v) is 3.15. The highest BCUT2D eigenvalue weighted by molar-refractivity contribution is 5.89. The molecule has 0 atom stereocenters. The summed E-state index contributed by atoms with van der Waals surface area (Å²) in [5.41, 5.74) is 1.96. The Morgan fingerprint density at radius 3 is 2.54 bits per heavy atom. The third kappa shape index (κ3) is 6.11. The second-order valence-electron chi connectivity index (χ2n) is 5.00. The average Bonchev–Trinajstić information content (AvgIpc) is 3.33. The minimum absolute atomic E-state index is 0.558. The molecule has 0 saturated carbocycles. The van der Waals surface area contributed by atoms with E-state index in [4.69, 9.17) is 14.6 Å². The molecular weight excluding hydrogens is 340 g/mol. The van der Waals surface area contributed by atoms with Crippen molar-refractivity contribution in [2.24, 2.45) is 4.99 Å². The summed E-state index contributed by atoms with van der Waals surface area (Å²) in [4.78, 5) is 27.6. The van der Waals surface area contributed by atoms with Crippen LogP contribution in [0.5, 0.6) is 0 Å². The molecule has 0 saturated heterocycles. The van der Waals surface area contributed by atoms with E-state index in [9.17, 15) is 9.59 Å². The Balaban J connectivity index is 0.000000260. The summed E-state index contributed by atoms with van der Waals surface area (Å²) in [7, 11) is 0. The van der Waals surface area contributed by atoms with Gasteiger partial charge in [0.15, 0.2) is 0 Å². The summed E-state index contributed by atoms with van der Waals surface area (Å²) in [5.74, 6) is -0.892. The summed E-state index contributed by atoms with van der Waals surface area (Å²) >= 11 is 0. The maximum atomic E-state index is 9.55. The van der Waals surface area contributed by atoms with E-state index in [1.165, 1.54) is 0 Å². The number of hydrogen-bond donors (Lipinski definition) is 4. The number of amidine groups is 1. The molecule has 9 heteroatoms. The summed E-state index contributed by atoms with van der Waals surface area (Å²) in [5, 5.41) is 22.2. The van der Waals surface area contributed by atoms with Crippen molar-refractivity contribution in [3.05, 3.63) is 48.9 Å². The average molecular weight is 358 g/mol. The zero-order chi connectivity index (χ0) is 18.8. The van der Waals surface area contributed by atoms with Crippen molar-refractivity contribution in [1.82, 2.24) is 10.3 Å². The first kappa shape index (κ1) is 18.7. The number of carboxylic acid groups (broad SMARTS) is 2. The standard InChI is InChI=1S/C13H14N4O.C4H4O4/c1-2-4-11(17-9-12-14-5-6-15-12)10(3-1)13-16-7-8-18-13;5-3(6)1-2-4(7)8/h1-4,7-8,17H,5-6,9H2,(H,14,15);1-2H,(H,5,6)(H,7,8)/b;2-1+. The van der Waals surface area contributed by atoms with Crippen LogP contribution in [0.2, 0.25) is 0 Å². The third-order valence-electron chi connectivity index (χ3n) is 3.15. The summed E-state index contributed by atoms with van der Waals surface area (Å²) in [6.07, 6.45) is 4.34. The van der Waals surface area contributed by atoms with Gasteiger partial charge in [0.1, 0.15) is 12.1 Å². The molecule has 2 heterocycles. The SMILES string of the molecule is O=C(O)/C=C/C(=O)O.c1ccc(-c2ncco2)c(NCC2=NCCN2)c1. The molecule has 0 bridgehead atoms. The van der Waals surface area contributed by atoms with Gasteiger partial charge in [0.25, 0.3) is 0 Å². The molecule has 1 aliphatic rings. The van der Waals surface area contributed by atoms with Crippen LogP contribution in [0, 0.1) is 0 Å². The zero-order valence-corrected chi connectivity index (χ0v) is 13.8. The van der Waals surface area contributed by atoms with E-state index in [-0.39, 0.29) is 0 Å². The summed E-state index contributed by atoms with van der Waals surface area (Å²) in [6.45, 7) is 2.48. The van der Waals surface area contributed by atoms with E-state index < -0.39 is 11.9 Å². The van der Waals surface area contributed by atoms with Gasteiger partial charge < -0.3 is 25.3 Å². The fraction of sp³-hybridized carbons (Fsp3) is 0.176. The Labute approximate surface area is 149 Å². The van der Waals surface area contributed by atoms with Gasteiger partial charge in [-0.15, -0.1) is 0 Å². The number of hydrogen-bond acceptors (Lipinski definition) is 7. The topological polar surface area (TPSA) is 137 Å². The van der Waals surface area contributed by atoms with Crippen LogP contribution in [0.15, 0.2) is 58.3 Å². The van der Waals surface area contributed by atoms with E-state index in [0.717, 1.165) is 30.2 Å². The van der Waals surface area contributed by atoms with Crippen molar-refractivity contribution < 1.29 is 24.2 Å². The Morgan fingerprint density at radius 2 is 1.96 bits per heavy atom. The van der Waals surface area contributed by atoms with Crippen molar-refractivity contribution in [2.45, 2.75) is 0 Å². The second kappa shape index (κ2) is 9.62. The predicted octanol–water partition coefficient (Wildman–Crippen LogP) is 1.47. The Kier molecular flexibility index (Phi) is 6.93. The van der Waals surface area contributed by atoms with Crippen LogP contribution in [0.3, 0.4) is 0 Å².